The van der Waals surface area contributed by atoms with Gasteiger partial charge in [0.2, 0.25) is 0 Å². The molecule has 114 valence electrons. The van der Waals surface area contributed by atoms with Crippen LogP contribution in [0.25, 0.3) is 0 Å². The molecule has 0 rings (SSSR count). The van der Waals surface area contributed by atoms with Crippen molar-refractivity contribution in [2.45, 2.75) is 38.4 Å². The lowest BCUT2D eigenvalue weighted by atomic mass is 9.77. The number of rotatable bonds is 6. The van der Waals surface area contributed by atoms with E-state index >= 15 is 0 Å². The molecule has 0 unspecified atom stereocenters. The first-order chi connectivity index (χ1) is 8.15. The number of aliphatic carboxylic acids is 1. The lowest BCUT2D eigenvalue weighted by Crippen LogP contribution is -2.55. The van der Waals surface area contributed by atoms with Crippen LogP contribution in [-0.2, 0) is 24.5 Å². The van der Waals surface area contributed by atoms with Gasteiger partial charge < -0.3 is 5.11 Å². The molecule has 1 atom stereocenters. The molecular weight excluding hydrogens is 292 g/mol. The maximum atomic E-state index is 12.0. The minimum absolute atomic E-state index is 0.00449. The molecule has 0 aliphatic heterocycles. The van der Waals surface area contributed by atoms with Crippen molar-refractivity contribution in [3.63, 3.8) is 0 Å². The highest BCUT2D eigenvalue weighted by Gasteiger charge is 2.56. The number of carboxylic acid groups (broad SMARTS) is 1. The Kier molecular flexibility index (Phi) is 5.22. The van der Waals surface area contributed by atoms with Crippen LogP contribution in [0, 0.1) is 5.41 Å². The average molecular weight is 314 g/mol. The molecule has 0 aromatic heterocycles. The molecule has 0 saturated heterocycles. The van der Waals surface area contributed by atoms with Gasteiger partial charge in [-0.25, -0.2) is 16.8 Å². The predicted octanol–water partition coefficient (Wildman–Crippen LogP) is 0.725. The van der Waals surface area contributed by atoms with Crippen LogP contribution in [0.3, 0.4) is 0 Å². The summed E-state index contributed by atoms with van der Waals surface area (Å²) in [5.41, 5.74) is -1.04. The summed E-state index contributed by atoms with van der Waals surface area (Å²) in [6.45, 7) is 4.59. The molecule has 8 heteroatoms. The van der Waals surface area contributed by atoms with E-state index in [9.17, 15) is 26.7 Å². The van der Waals surface area contributed by atoms with Gasteiger partial charge in [0.1, 0.15) is 9.84 Å². The fraction of sp³-hybridized carbons (Fsp3) is 0.909. The van der Waals surface area contributed by atoms with Crippen molar-refractivity contribution in [3.8, 4) is 0 Å². The SMILES string of the molecule is CC(C)(C)[C@](CCCS(C)(=O)=O)(C(=O)O)S(C)(=O)=O. The van der Waals surface area contributed by atoms with Crippen LogP contribution in [0.5, 0.6) is 0 Å². The van der Waals surface area contributed by atoms with Crippen LogP contribution >= 0.6 is 0 Å². The molecule has 0 fully saturated rings. The molecule has 0 aliphatic carbocycles. The number of sulfone groups is 2. The molecule has 0 aromatic carbocycles. The van der Waals surface area contributed by atoms with E-state index in [0.29, 0.717) is 0 Å². The summed E-state index contributed by atoms with van der Waals surface area (Å²) >= 11 is 0. The fourth-order valence-corrected chi connectivity index (χ4v) is 4.90. The van der Waals surface area contributed by atoms with Gasteiger partial charge in [-0.05, 0) is 18.3 Å². The average Bonchev–Trinajstić information content (AvgIpc) is 2.04. The molecule has 0 aliphatic rings. The summed E-state index contributed by atoms with van der Waals surface area (Å²) in [7, 11) is -7.15. The Morgan fingerprint density at radius 3 is 1.68 bits per heavy atom. The molecule has 0 aromatic rings. The highest BCUT2D eigenvalue weighted by molar-refractivity contribution is 7.93. The molecule has 0 saturated carbocycles. The van der Waals surface area contributed by atoms with Crippen molar-refractivity contribution in [2.24, 2.45) is 5.41 Å². The van der Waals surface area contributed by atoms with Crippen molar-refractivity contribution < 1.29 is 26.7 Å². The van der Waals surface area contributed by atoms with Crippen LogP contribution in [0.2, 0.25) is 0 Å². The quantitative estimate of drug-likeness (QED) is 0.774. The van der Waals surface area contributed by atoms with Crippen LogP contribution in [-0.4, -0.2) is 50.9 Å². The van der Waals surface area contributed by atoms with Gasteiger partial charge in [-0.1, -0.05) is 20.8 Å². The van der Waals surface area contributed by atoms with E-state index in [0.717, 1.165) is 12.5 Å². The zero-order chi connectivity index (χ0) is 15.7. The van der Waals surface area contributed by atoms with Gasteiger partial charge in [0.25, 0.3) is 0 Å². The summed E-state index contributed by atoms with van der Waals surface area (Å²) in [6, 6.07) is 0. The van der Waals surface area contributed by atoms with Crippen molar-refractivity contribution >= 4 is 25.6 Å². The van der Waals surface area contributed by atoms with Crippen LogP contribution in [0.15, 0.2) is 0 Å². The predicted molar refractivity (Wildman–Crippen MR) is 73.6 cm³/mol. The van der Waals surface area contributed by atoms with Crippen molar-refractivity contribution in [2.75, 3.05) is 18.3 Å². The number of hydrogen-bond acceptors (Lipinski definition) is 5. The number of carbonyl (C=O) groups is 1. The summed E-state index contributed by atoms with van der Waals surface area (Å²) in [5.74, 6) is -1.66. The van der Waals surface area contributed by atoms with Crippen molar-refractivity contribution in [1.82, 2.24) is 0 Å². The smallest absolute Gasteiger partial charge is 0.325 e. The van der Waals surface area contributed by atoms with Gasteiger partial charge in [-0.15, -0.1) is 0 Å². The first-order valence-electron chi connectivity index (χ1n) is 5.76. The van der Waals surface area contributed by atoms with Gasteiger partial charge in [-0.3, -0.25) is 4.79 Å². The Balaban J connectivity index is 5.61. The number of hydrogen-bond donors (Lipinski definition) is 1. The summed E-state index contributed by atoms with van der Waals surface area (Å²) in [6.07, 6.45) is 1.69. The second-order valence-corrected chi connectivity index (χ2v) is 10.4. The molecule has 6 nitrogen and oxygen atoms in total. The Morgan fingerprint density at radius 2 is 1.47 bits per heavy atom. The topological polar surface area (TPSA) is 106 Å². The third-order valence-electron chi connectivity index (χ3n) is 3.23. The zero-order valence-electron chi connectivity index (χ0n) is 11.9. The molecular formula is C11H22O6S2. The second kappa shape index (κ2) is 5.40. The van der Waals surface area contributed by atoms with Gasteiger partial charge in [0.15, 0.2) is 14.6 Å². The summed E-state index contributed by atoms with van der Waals surface area (Å²) in [5, 5.41) is 9.40. The first-order valence-corrected chi connectivity index (χ1v) is 9.71. The molecule has 0 amide bonds. The minimum atomic E-state index is -3.90. The largest absolute Gasteiger partial charge is 0.480 e. The Morgan fingerprint density at radius 1 is 1.05 bits per heavy atom. The Labute approximate surface area is 115 Å². The third-order valence-corrected chi connectivity index (χ3v) is 6.52. The van der Waals surface area contributed by atoms with Crippen LogP contribution in [0.1, 0.15) is 33.6 Å². The first kappa shape index (κ1) is 18.4. The molecule has 0 spiro atoms. The maximum Gasteiger partial charge on any atom is 0.325 e. The zero-order valence-corrected chi connectivity index (χ0v) is 13.6. The highest BCUT2D eigenvalue weighted by Crippen LogP contribution is 2.41. The minimum Gasteiger partial charge on any atom is -0.480 e. The molecule has 0 heterocycles. The second-order valence-electron chi connectivity index (χ2n) is 5.89. The van der Waals surface area contributed by atoms with Gasteiger partial charge in [0, 0.05) is 18.3 Å². The number of carboxylic acids is 1. The standard InChI is InChI=1S/C11H22O6S2/c1-10(2,3)11(9(12)13,19(5,16)17)7-6-8-18(4,14)15/h6-8H2,1-5H3,(H,12,13)/t11-/m0/s1. The molecule has 19 heavy (non-hydrogen) atoms. The molecule has 1 N–H and O–H groups in total. The van der Waals surface area contributed by atoms with E-state index in [4.69, 9.17) is 0 Å². The lowest BCUT2D eigenvalue weighted by molar-refractivity contribution is -0.143. The lowest BCUT2D eigenvalue weighted by Gasteiger charge is -2.39. The highest BCUT2D eigenvalue weighted by atomic mass is 32.2. The van der Waals surface area contributed by atoms with E-state index in [1.165, 1.54) is 20.8 Å². The maximum absolute atomic E-state index is 12.0. The fourth-order valence-electron chi connectivity index (χ4n) is 2.29. The summed E-state index contributed by atoms with van der Waals surface area (Å²) < 4.78 is 44.1. The van der Waals surface area contributed by atoms with Crippen molar-refractivity contribution in [1.29, 1.82) is 0 Å². The third kappa shape index (κ3) is 4.17. The van der Waals surface area contributed by atoms with E-state index in [1.54, 1.807) is 0 Å². The van der Waals surface area contributed by atoms with E-state index in [1.807, 2.05) is 0 Å². The van der Waals surface area contributed by atoms with Crippen LogP contribution < -0.4 is 0 Å². The monoisotopic (exact) mass is 314 g/mol. The van der Waals surface area contributed by atoms with Gasteiger partial charge in [-0.2, -0.15) is 0 Å². The van der Waals surface area contributed by atoms with Gasteiger partial charge >= 0.3 is 5.97 Å². The van der Waals surface area contributed by atoms with Crippen LogP contribution in [0.4, 0.5) is 0 Å². The van der Waals surface area contributed by atoms with E-state index < -0.39 is 35.8 Å². The Bertz CT molecular complexity index is 538. The molecule has 0 bridgehead atoms. The van der Waals surface area contributed by atoms with Gasteiger partial charge in [0.05, 0.1) is 0 Å². The normalized spacial score (nSPS) is 16.9. The van der Waals surface area contributed by atoms with E-state index in [-0.39, 0.29) is 18.6 Å². The van der Waals surface area contributed by atoms with E-state index in [2.05, 4.69) is 0 Å². The Hall–Kier alpha value is -0.630. The summed E-state index contributed by atoms with van der Waals surface area (Å²) in [4.78, 5) is 11.5. The van der Waals surface area contributed by atoms with Crippen molar-refractivity contribution in [3.05, 3.63) is 0 Å². The molecule has 0 radical (unpaired) electrons.